The number of rotatable bonds is 4. The smallest absolute Gasteiger partial charge is 0.258 e. The maximum Gasteiger partial charge on any atom is 0.258 e. The normalized spacial score (nSPS) is 10.2. The van der Waals surface area contributed by atoms with Crippen LogP contribution in [0.2, 0.25) is 10.0 Å². The Morgan fingerprint density at radius 3 is 2.46 bits per heavy atom. The monoisotopic (exact) mass is 359 g/mol. The Hall–Kier alpha value is -2.70. The Labute approximate surface area is 147 Å². The zero-order chi connectivity index (χ0) is 16.9. The maximum atomic E-state index is 12.4. The number of carbonyl (C=O) groups excluding carboxylic acids is 1. The SMILES string of the molecule is O=C(Nc1ccnc(Nc2cccnn2)c1)c1c(Cl)cccc1Cl. The van der Waals surface area contributed by atoms with Crippen molar-refractivity contribution in [3.05, 3.63) is 70.5 Å². The molecule has 0 saturated carbocycles. The Morgan fingerprint density at radius 2 is 1.75 bits per heavy atom. The molecule has 0 bridgehead atoms. The van der Waals surface area contributed by atoms with E-state index in [1.54, 1.807) is 54.9 Å². The zero-order valence-electron chi connectivity index (χ0n) is 12.2. The number of carbonyl (C=O) groups is 1. The van der Waals surface area contributed by atoms with Gasteiger partial charge in [0.2, 0.25) is 0 Å². The van der Waals surface area contributed by atoms with Crippen LogP contribution < -0.4 is 10.6 Å². The Balaban J connectivity index is 1.78. The van der Waals surface area contributed by atoms with Crippen molar-refractivity contribution in [2.24, 2.45) is 0 Å². The van der Waals surface area contributed by atoms with E-state index in [0.717, 1.165) is 0 Å². The molecule has 3 rings (SSSR count). The van der Waals surface area contributed by atoms with Crippen LogP contribution >= 0.6 is 23.2 Å². The minimum atomic E-state index is -0.401. The summed E-state index contributed by atoms with van der Waals surface area (Å²) in [6, 6.07) is 11.7. The number of benzene rings is 1. The molecule has 0 aliphatic rings. The number of nitrogens with one attached hydrogen (secondary N) is 2. The number of aromatic nitrogens is 3. The third kappa shape index (κ3) is 3.79. The molecule has 0 spiro atoms. The summed E-state index contributed by atoms with van der Waals surface area (Å²) in [4.78, 5) is 16.5. The van der Waals surface area contributed by atoms with Crippen molar-refractivity contribution in [3.8, 4) is 0 Å². The summed E-state index contributed by atoms with van der Waals surface area (Å²) >= 11 is 12.1. The van der Waals surface area contributed by atoms with Crippen LogP contribution in [-0.2, 0) is 0 Å². The van der Waals surface area contributed by atoms with E-state index in [-0.39, 0.29) is 15.6 Å². The molecule has 0 aliphatic heterocycles. The van der Waals surface area contributed by atoms with Crippen LogP contribution in [0.4, 0.5) is 17.3 Å². The van der Waals surface area contributed by atoms with Crippen LogP contribution in [-0.4, -0.2) is 21.1 Å². The average Bonchev–Trinajstić information content (AvgIpc) is 2.56. The highest BCUT2D eigenvalue weighted by molar-refractivity contribution is 6.40. The largest absolute Gasteiger partial charge is 0.323 e. The first-order valence-electron chi connectivity index (χ1n) is 6.89. The van der Waals surface area contributed by atoms with Crippen molar-refractivity contribution < 1.29 is 4.79 Å². The summed E-state index contributed by atoms with van der Waals surface area (Å²) in [6.45, 7) is 0. The van der Waals surface area contributed by atoms with Crippen molar-refractivity contribution >= 4 is 46.4 Å². The molecule has 0 radical (unpaired) electrons. The minimum absolute atomic E-state index is 0.223. The highest BCUT2D eigenvalue weighted by Crippen LogP contribution is 2.25. The van der Waals surface area contributed by atoms with Crippen LogP contribution in [0, 0.1) is 0 Å². The topological polar surface area (TPSA) is 79.8 Å². The third-order valence-corrected chi connectivity index (χ3v) is 3.67. The molecule has 0 atom stereocenters. The molecule has 3 aromatic rings. The summed E-state index contributed by atoms with van der Waals surface area (Å²) in [5, 5.41) is 14.0. The highest BCUT2D eigenvalue weighted by Gasteiger charge is 2.14. The minimum Gasteiger partial charge on any atom is -0.323 e. The van der Waals surface area contributed by atoms with Gasteiger partial charge in [0.1, 0.15) is 5.82 Å². The Bertz CT molecular complexity index is 853. The van der Waals surface area contributed by atoms with Gasteiger partial charge in [-0.15, -0.1) is 5.10 Å². The van der Waals surface area contributed by atoms with Gasteiger partial charge in [-0.2, -0.15) is 5.10 Å². The lowest BCUT2D eigenvalue weighted by Gasteiger charge is -2.10. The predicted octanol–water partition coefficient (Wildman–Crippen LogP) is 4.17. The molecule has 1 aromatic carbocycles. The average molecular weight is 360 g/mol. The van der Waals surface area contributed by atoms with E-state index in [2.05, 4.69) is 25.8 Å². The number of anilines is 3. The molecule has 2 heterocycles. The first kappa shape index (κ1) is 16.2. The Kier molecular flexibility index (Phi) is 4.88. The second-order valence-corrected chi connectivity index (χ2v) is 5.53. The number of nitrogens with zero attached hydrogens (tertiary/aromatic N) is 3. The van der Waals surface area contributed by atoms with Gasteiger partial charge in [-0.05, 0) is 30.3 Å². The van der Waals surface area contributed by atoms with Crippen LogP contribution in [0.15, 0.2) is 54.9 Å². The van der Waals surface area contributed by atoms with Crippen LogP contribution in [0.1, 0.15) is 10.4 Å². The molecule has 6 nitrogen and oxygen atoms in total. The van der Waals surface area contributed by atoms with Gasteiger partial charge in [0.25, 0.3) is 5.91 Å². The van der Waals surface area contributed by atoms with Crippen molar-refractivity contribution in [2.75, 3.05) is 10.6 Å². The molecule has 2 aromatic heterocycles. The van der Waals surface area contributed by atoms with Gasteiger partial charge in [-0.25, -0.2) is 4.98 Å². The second-order valence-electron chi connectivity index (χ2n) is 4.71. The van der Waals surface area contributed by atoms with Gasteiger partial charge in [0, 0.05) is 24.1 Å². The van der Waals surface area contributed by atoms with E-state index in [1.165, 1.54) is 0 Å². The number of hydrogen-bond acceptors (Lipinski definition) is 5. The van der Waals surface area contributed by atoms with Crippen LogP contribution in [0.5, 0.6) is 0 Å². The number of hydrogen-bond donors (Lipinski definition) is 2. The number of amides is 1. The summed E-state index contributed by atoms with van der Waals surface area (Å²) in [7, 11) is 0. The zero-order valence-corrected chi connectivity index (χ0v) is 13.7. The lowest BCUT2D eigenvalue weighted by molar-refractivity contribution is 0.102. The van der Waals surface area contributed by atoms with E-state index in [1.807, 2.05) is 0 Å². The third-order valence-electron chi connectivity index (χ3n) is 3.04. The van der Waals surface area contributed by atoms with Crippen LogP contribution in [0.25, 0.3) is 0 Å². The lowest BCUT2D eigenvalue weighted by atomic mass is 10.2. The first-order chi connectivity index (χ1) is 11.6. The summed E-state index contributed by atoms with van der Waals surface area (Å²) in [5.41, 5.74) is 0.762. The van der Waals surface area contributed by atoms with Gasteiger partial charge in [0.05, 0.1) is 15.6 Å². The van der Waals surface area contributed by atoms with Crippen molar-refractivity contribution in [3.63, 3.8) is 0 Å². The number of pyridine rings is 1. The molecular weight excluding hydrogens is 349 g/mol. The van der Waals surface area contributed by atoms with Gasteiger partial charge in [0.15, 0.2) is 5.82 Å². The molecular formula is C16H11Cl2N5O. The van der Waals surface area contributed by atoms with Gasteiger partial charge >= 0.3 is 0 Å². The fourth-order valence-electron chi connectivity index (χ4n) is 1.98. The fourth-order valence-corrected chi connectivity index (χ4v) is 2.55. The molecule has 120 valence electrons. The molecule has 24 heavy (non-hydrogen) atoms. The number of halogens is 2. The van der Waals surface area contributed by atoms with Gasteiger partial charge in [-0.3, -0.25) is 4.79 Å². The van der Waals surface area contributed by atoms with E-state index in [0.29, 0.717) is 17.3 Å². The standard InChI is InChI=1S/C16H11Cl2N5O/c17-11-3-1-4-12(18)15(11)16(24)21-10-6-8-19-14(9-10)22-13-5-2-7-20-23-13/h1-9H,(H2,19,21,22,23,24). The van der Waals surface area contributed by atoms with Crippen molar-refractivity contribution in [1.82, 2.24) is 15.2 Å². The second kappa shape index (κ2) is 7.25. The summed E-state index contributed by atoms with van der Waals surface area (Å²) in [5.74, 6) is 0.656. The van der Waals surface area contributed by atoms with Crippen molar-refractivity contribution in [1.29, 1.82) is 0 Å². The van der Waals surface area contributed by atoms with E-state index in [4.69, 9.17) is 23.2 Å². The maximum absolute atomic E-state index is 12.4. The summed E-state index contributed by atoms with van der Waals surface area (Å²) < 4.78 is 0. The van der Waals surface area contributed by atoms with Gasteiger partial charge < -0.3 is 10.6 Å². The molecule has 0 fully saturated rings. The molecule has 0 saturated heterocycles. The lowest BCUT2D eigenvalue weighted by Crippen LogP contribution is -2.13. The molecule has 0 aliphatic carbocycles. The predicted molar refractivity (Wildman–Crippen MR) is 94.0 cm³/mol. The van der Waals surface area contributed by atoms with E-state index < -0.39 is 5.91 Å². The molecule has 1 amide bonds. The fraction of sp³-hybridized carbons (Fsp3) is 0. The van der Waals surface area contributed by atoms with Crippen molar-refractivity contribution in [2.45, 2.75) is 0 Å². The quantitative estimate of drug-likeness (QED) is 0.730. The van der Waals surface area contributed by atoms with Crippen LogP contribution in [0.3, 0.4) is 0 Å². The first-order valence-corrected chi connectivity index (χ1v) is 7.65. The van der Waals surface area contributed by atoms with E-state index in [9.17, 15) is 4.79 Å². The summed E-state index contributed by atoms with van der Waals surface area (Å²) in [6.07, 6.45) is 3.13. The Morgan fingerprint density at radius 1 is 0.958 bits per heavy atom. The molecule has 2 N–H and O–H groups in total. The molecule has 8 heteroatoms. The van der Waals surface area contributed by atoms with Gasteiger partial charge in [-0.1, -0.05) is 29.3 Å². The van der Waals surface area contributed by atoms with E-state index >= 15 is 0 Å². The molecule has 0 unspecified atom stereocenters. The highest BCUT2D eigenvalue weighted by atomic mass is 35.5.